The number of hydrogen-bond donors (Lipinski definition) is 3. The third-order valence-electron chi connectivity index (χ3n) is 5.43. The number of alkyl halides is 3. The van der Waals surface area contributed by atoms with E-state index < -0.39 is 38.5 Å². The zero-order valence-corrected chi connectivity index (χ0v) is 17.1. The largest absolute Gasteiger partial charge is 0.486 e. The lowest BCUT2D eigenvalue weighted by Gasteiger charge is -2.26. The van der Waals surface area contributed by atoms with Gasteiger partial charge >= 0.3 is 18.1 Å². The molecule has 32 heavy (non-hydrogen) atoms. The third-order valence-corrected chi connectivity index (χ3v) is 6.91. The van der Waals surface area contributed by atoms with E-state index in [1.807, 2.05) is 0 Å². The van der Waals surface area contributed by atoms with Gasteiger partial charge in [-0.1, -0.05) is 24.3 Å². The van der Waals surface area contributed by atoms with Crippen LogP contribution in [0.3, 0.4) is 0 Å². The molecule has 4 rings (SSSR count). The summed E-state index contributed by atoms with van der Waals surface area (Å²) in [6, 6.07) is 7.70. The minimum Gasteiger partial charge on any atom is -0.486 e. The molecule has 0 radical (unpaired) electrons. The Morgan fingerprint density at radius 2 is 1.84 bits per heavy atom. The first-order valence-electron chi connectivity index (χ1n) is 9.57. The number of rotatable bonds is 6. The predicted octanol–water partition coefficient (Wildman–Crippen LogP) is 2.82. The number of sulfonamides is 1. The topological polar surface area (TPSA) is 122 Å². The zero-order valence-electron chi connectivity index (χ0n) is 16.3. The molecule has 0 saturated heterocycles. The highest BCUT2D eigenvalue weighted by atomic mass is 32.2. The fraction of sp³-hybridized carbons (Fsp3) is 0.350. The lowest BCUT2D eigenvalue weighted by atomic mass is 9.97. The van der Waals surface area contributed by atoms with E-state index >= 15 is 0 Å². The number of ether oxygens (including phenoxy) is 2. The van der Waals surface area contributed by atoms with Crippen molar-refractivity contribution in [3.63, 3.8) is 0 Å². The van der Waals surface area contributed by atoms with Gasteiger partial charge in [-0.3, -0.25) is 0 Å². The molecule has 1 aliphatic carbocycles. The molecule has 1 aliphatic heterocycles. The fourth-order valence-corrected chi connectivity index (χ4v) is 5.38. The lowest BCUT2D eigenvalue weighted by molar-refractivity contribution is -0.197. The van der Waals surface area contributed by atoms with Gasteiger partial charge in [0, 0.05) is 11.5 Å². The van der Waals surface area contributed by atoms with Crippen LogP contribution in [-0.2, 0) is 21.0 Å². The molecular weight excluding hydrogens is 455 g/mol. The number of carbonyl (C=O) groups is 1. The molecule has 3 N–H and O–H groups in total. The molecule has 3 unspecified atom stereocenters. The smallest absolute Gasteiger partial charge is 0.417 e. The van der Waals surface area contributed by atoms with Gasteiger partial charge in [0.15, 0.2) is 11.5 Å². The second-order valence-electron chi connectivity index (χ2n) is 7.52. The molecule has 2 aliphatic rings. The van der Waals surface area contributed by atoms with E-state index in [0.717, 1.165) is 37.0 Å². The van der Waals surface area contributed by atoms with Crippen LogP contribution in [0.1, 0.15) is 36.3 Å². The Balaban J connectivity index is 1.69. The van der Waals surface area contributed by atoms with E-state index in [2.05, 4.69) is 0 Å². The molecule has 172 valence electrons. The molecule has 12 heteroatoms. The van der Waals surface area contributed by atoms with E-state index in [9.17, 15) is 36.6 Å². The van der Waals surface area contributed by atoms with Gasteiger partial charge in [0.1, 0.15) is 6.10 Å². The first kappa shape index (κ1) is 22.4. The van der Waals surface area contributed by atoms with Gasteiger partial charge in [-0.2, -0.15) is 13.2 Å². The van der Waals surface area contributed by atoms with Crippen LogP contribution in [-0.4, -0.2) is 36.6 Å². The Kier molecular flexibility index (Phi) is 5.34. The van der Waals surface area contributed by atoms with Crippen molar-refractivity contribution in [3.8, 4) is 11.5 Å². The van der Waals surface area contributed by atoms with Crippen LogP contribution < -0.4 is 14.2 Å². The average molecular weight is 473 g/mol. The first-order valence-corrected chi connectivity index (χ1v) is 11.1. The summed E-state index contributed by atoms with van der Waals surface area (Å²) in [5.41, 5.74) is -0.806. The van der Waals surface area contributed by atoms with Crippen molar-refractivity contribution in [3.05, 3.63) is 53.6 Å². The maximum atomic E-state index is 13.3. The summed E-state index contributed by atoms with van der Waals surface area (Å²) in [6.07, 6.45) is -2.65. The molecule has 0 bridgehead atoms. The molecule has 0 amide bonds. The molecule has 1 saturated carbocycles. The molecule has 3 atom stereocenters. The SMILES string of the molecule is O=C(O)C(O)(NS(=O)(=O)c1ccccc1C(F)(F)F)Oc1cccc2c1OC1CCCC21. The second-order valence-corrected chi connectivity index (χ2v) is 9.17. The van der Waals surface area contributed by atoms with Crippen molar-refractivity contribution in [2.75, 3.05) is 0 Å². The monoisotopic (exact) mass is 473 g/mol. The lowest BCUT2D eigenvalue weighted by Crippen LogP contribution is -2.58. The number of carboxylic acid groups (broad SMARTS) is 1. The molecule has 1 fully saturated rings. The van der Waals surface area contributed by atoms with Crippen LogP contribution in [0, 0.1) is 0 Å². The minimum atomic E-state index is -5.19. The molecule has 0 aromatic heterocycles. The number of hydrogen-bond acceptors (Lipinski definition) is 6. The molecule has 8 nitrogen and oxygen atoms in total. The van der Waals surface area contributed by atoms with Crippen molar-refractivity contribution in [1.82, 2.24) is 4.72 Å². The van der Waals surface area contributed by atoms with Crippen LogP contribution >= 0.6 is 0 Å². The highest BCUT2D eigenvalue weighted by Crippen LogP contribution is 2.51. The molecular formula is C20H18F3NO7S. The molecule has 2 aromatic carbocycles. The summed E-state index contributed by atoms with van der Waals surface area (Å²) in [7, 11) is -5.19. The summed E-state index contributed by atoms with van der Waals surface area (Å²) in [5.74, 6) is -5.82. The van der Waals surface area contributed by atoms with Gasteiger partial charge < -0.3 is 19.7 Å². The molecule has 0 spiro atoms. The summed E-state index contributed by atoms with van der Waals surface area (Å²) < 4.78 is 77.4. The number of benzene rings is 2. The van der Waals surface area contributed by atoms with E-state index in [-0.39, 0.29) is 23.5 Å². The Morgan fingerprint density at radius 1 is 1.12 bits per heavy atom. The number of aliphatic carboxylic acids is 1. The highest BCUT2D eigenvalue weighted by molar-refractivity contribution is 7.89. The van der Waals surface area contributed by atoms with Gasteiger partial charge in [-0.05, 0) is 37.5 Å². The maximum absolute atomic E-state index is 13.3. The van der Waals surface area contributed by atoms with E-state index in [4.69, 9.17) is 9.47 Å². The van der Waals surface area contributed by atoms with Crippen molar-refractivity contribution in [1.29, 1.82) is 0 Å². The van der Waals surface area contributed by atoms with Crippen LogP contribution in [0.4, 0.5) is 13.2 Å². The summed E-state index contributed by atoms with van der Waals surface area (Å²) in [5, 5.41) is 20.0. The van der Waals surface area contributed by atoms with Gasteiger partial charge in [-0.15, -0.1) is 4.72 Å². The minimum absolute atomic E-state index is 0.0572. The van der Waals surface area contributed by atoms with Crippen molar-refractivity contribution in [2.45, 2.75) is 48.3 Å². The van der Waals surface area contributed by atoms with E-state index in [0.29, 0.717) is 12.1 Å². The number of fused-ring (bicyclic) bond motifs is 3. The zero-order chi connectivity index (χ0) is 23.3. The van der Waals surface area contributed by atoms with Gasteiger partial charge in [0.2, 0.25) is 10.0 Å². The second kappa shape index (κ2) is 7.64. The van der Waals surface area contributed by atoms with Gasteiger partial charge in [-0.25, -0.2) is 13.2 Å². The summed E-state index contributed by atoms with van der Waals surface area (Å²) >= 11 is 0. The number of para-hydroxylation sites is 1. The van der Waals surface area contributed by atoms with Crippen molar-refractivity contribution < 1.29 is 46.1 Å². The van der Waals surface area contributed by atoms with Gasteiger partial charge in [0.25, 0.3) is 0 Å². The van der Waals surface area contributed by atoms with Crippen molar-refractivity contribution in [2.24, 2.45) is 0 Å². The Hall–Kier alpha value is -2.83. The predicted molar refractivity (Wildman–Crippen MR) is 102 cm³/mol. The Bertz CT molecular complexity index is 1170. The number of nitrogens with one attached hydrogen (secondary N) is 1. The van der Waals surface area contributed by atoms with Crippen LogP contribution in [0.2, 0.25) is 0 Å². The Labute approximate surface area is 180 Å². The van der Waals surface area contributed by atoms with Crippen LogP contribution in [0.25, 0.3) is 0 Å². The van der Waals surface area contributed by atoms with Crippen LogP contribution in [0.5, 0.6) is 11.5 Å². The quantitative estimate of drug-likeness (QED) is 0.552. The van der Waals surface area contributed by atoms with E-state index in [1.54, 1.807) is 6.07 Å². The molecule has 2 aromatic rings. The maximum Gasteiger partial charge on any atom is 0.417 e. The highest BCUT2D eigenvalue weighted by Gasteiger charge is 2.48. The van der Waals surface area contributed by atoms with E-state index in [1.165, 1.54) is 16.9 Å². The third kappa shape index (κ3) is 3.89. The van der Waals surface area contributed by atoms with Gasteiger partial charge in [0.05, 0.1) is 10.5 Å². The normalized spacial score (nSPS) is 21.9. The number of halogens is 3. The summed E-state index contributed by atoms with van der Waals surface area (Å²) in [6.45, 7) is 0. The number of carboxylic acids is 1. The average Bonchev–Trinajstić information content (AvgIpc) is 3.29. The van der Waals surface area contributed by atoms with Crippen LogP contribution in [0.15, 0.2) is 47.4 Å². The number of aliphatic hydroxyl groups is 1. The van der Waals surface area contributed by atoms with Crippen molar-refractivity contribution >= 4 is 16.0 Å². The summed E-state index contributed by atoms with van der Waals surface area (Å²) in [4.78, 5) is 10.5. The Morgan fingerprint density at radius 3 is 2.53 bits per heavy atom. The molecule has 1 heterocycles. The standard InChI is InChI=1S/C20H18F3NO7S/c21-19(22,23)13-7-1-2-10-16(13)32(28,29)24-20(27,18(25)26)31-15-9-4-6-12-11-5-3-8-14(11)30-17(12)15/h1-2,4,6-7,9-11,14,24,27H,3,5,8H2,(H,25,26). The first-order chi connectivity index (χ1) is 14.9. The fourth-order valence-electron chi connectivity index (χ4n) is 4.05.